The van der Waals surface area contributed by atoms with Gasteiger partial charge in [0.2, 0.25) is 0 Å². The SMILES string of the molecule is CC(=O)c1ccccc1-n1cc(-c2ccccc2)cn1. The molecule has 0 saturated carbocycles. The summed E-state index contributed by atoms with van der Waals surface area (Å²) in [5, 5.41) is 4.37. The number of para-hydroxylation sites is 1. The fraction of sp³-hybridized carbons (Fsp3) is 0.0588. The standard InChI is InChI=1S/C17H14N2O/c1-13(20)16-9-5-6-10-17(16)19-12-15(11-18-19)14-7-3-2-4-8-14/h2-12H,1H3. The topological polar surface area (TPSA) is 34.9 Å². The van der Waals surface area contributed by atoms with E-state index in [2.05, 4.69) is 5.10 Å². The molecule has 0 aliphatic carbocycles. The lowest BCUT2D eigenvalue weighted by molar-refractivity contribution is 0.101. The third-order valence-electron chi connectivity index (χ3n) is 3.22. The number of carbonyl (C=O) groups is 1. The van der Waals surface area contributed by atoms with Crippen LogP contribution in [-0.4, -0.2) is 15.6 Å². The normalized spacial score (nSPS) is 10.4. The molecule has 0 aliphatic rings. The first-order chi connectivity index (χ1) is 9.75. The first kappa shape index (κ1) is 12.4. The molecule has 2 aromatic carbocycles. The van der Waals surface area contributed by atoms with E-state index in [-0.39, 0.29) is 5.78 Å². The van der Waals surface area contributed by atoms with Gasteiger partial charge in [0.05, 0.1) is 11.9 Å². The number of rotatable bonds is 3. The molecule has 0 unspecified atom stereocenters. The highest BCUT2D eigenvalue weighted by Gasteiger charge is 2.09. The third-order valence-corrected chi connectivity index (χ3v) is 3.22. The van der Waals surface area contributed by atoms with Gasteiger partial charge < -0.3 is 0 Å². The Balaban J connectivity index is 2.05. The van der Waals surface area contributed by atoms with Crippen LogP contribution in [0.1, 0.15) is 17.3 Å². The van der Waals surface area contributed by atoms with Crippen molar-refractivity contribution in [1.82, 2.24) is 9.78 Å². The van der Waals surface area contributed by atoms with Gasteiger partial charge in [0.25, 0.3) is 0 Å². The number of hydrogen-bond donors (Lipinski definition) is 0. The van der Waals surface area contributed by atoms with Gasteiger partial charge in [0.1, 0.15) is 0 Å². The minimum atomic E-state index is 0.0392. The summed E-state index contributed by atoms with van der Waals surface area (Å²) < 4.78 is 1.75. The van der Waals surface area contributed by atoms with Crippen molar-refractivity contribution in [2.24, 2.45) is 0 Å². The molecule has 0 aliphatic heterocycles. The van der Waals surface area contributed by atoms with Gasteiger partial charge in [-0.1, -0.05) is 42.5 Å². The molecule has 98 valence electrons. The second kappa shape index (κ2) is 5.13. The maximum atomic E-state index is 11.7. The molecule has 3 rings (SSSR count). The lowest BCUT2D eigenvalue weighted by atomic mass is 10.1. The van der Waals surface area contributed by atoms with E-state index in [9.17, 15) is 4.79 Å². The minimum absolute atomic E-state index is 0.0392. The molecule has 3 aromatic rings. The second-order valence-electron chi connectivity index (χ2n) is 4.61. The van der Waals surface area contributed by atoms with E-state index in [1.54, 1.807) is 11.6 Å². The number of nitrogens with zero attached hydrogens (tertiary/aromatic N) is 2. The highest BCUT2D eigenvalue weighted by molar-refractivity contribution is 5.97. The van der Waals surface area contributed by atoms with Crippen LogP contribution in [0.15, 0.2) is 67.0 Å². The Morgan fingerprint density at radius 2 is 1.65 bits per heavy atom. The van der Waals surface area contributed by atoms with E-state index in [4.69, 9.17) is 0 Å². The molecule has 20 heavy (non-hydrogen) atoms. The number of benzene rings is 2. The monoisotopic (exact) mass is 262 g/mol. The Hall–Kier alpha value is -2.68. The highest BCUT2D eigenvalue weighted by atomic mass is 16.1. The molecule has 3 heteroatoms. The minimum Gasteiger partial charge on any atom is -0.294 e. The van der Waals surface area contributed by atoms with Crippen LogP contribution in [0.4, 0.5) is 0 Å². The van der Waals surface area contributed by atoms with Crippen molar-refractivity contribution < 1.29 is 4.79 Å². The fourth-order valence-corrected chi connectivity index (χ4v) is 2.21. The highest BCUT2D eigenvalue weighted by Crippen LogP contribution is 2.21. The molecule has 0 atom stereocenters. The van der Waals surface area contributed by atoms with Crippen molar-refractivity contribution in [3.05, 3.63) is 72.6 Å². The Kier molecular flexibility index (Phi) is 3.17. The smallest absolute Gasteiger partial charge is 0.161 e. The summed E-state index contributed by atoms with van der Waals surface area (Å²) in [6.07, 6.45) is 3.75. The molecule has 0 spiro atoms. The lowest BCUT2D eigenvalue weighted by Crippen LogP contribution is -2.03. The van der Waals surface area contributed by atoms with Crippen LogP contribution in [0.2, 0.25) is 0 Å². The second-order valence-corrected chi connectivity index (χ2v) is 4.61. The Morgan fingerprint density at radius 1 is 0.950 bits per heavy atom. The van der Waals surface area contributed by atoms with E-state index in [0.717, 1.165) is 16.8 Å². The predicted octanol–water partition coefficient (Wildman–Crippen LogP) is 3.74. The average Bonchev–Trinajstić information content (AvgIpc) is 2.98. The van der Waals surface area contributed by atoms with Crippen LogP contribution in [0, 0.1) is 0 Å². The van der Waals surface area contributed by atoms with Crippen LogP contribution in [0.3, 0.4) is 0 Å². The summed E-state index contributed by atoms with van der Waals surface area (Å²) in [5.41, 5.74) is 3.63. The Morgan fingerprint density at radius 3 is 2.40 bits per heavy atom. The van der Waals surface area contributed by atoms with Crippen molar-refractivity contribution in [3.63, 3.8) is 0 Å². The quantitative estimate of drug-likeness (QED) is 0.674. The molecule has 0 radical (unpaired) electrons. The van der Waals surface area contributed by atoms with Gasteiger partial charge in [-0.3, -0.25) is 4.79 Å². The van der Waals surface area contributed by atoms with E-state index in [1.165, 1.54) is 0 Å². The van der Waals surface area contributed by atoms with Crippen molar-refractivity contribution >= 4 is 5.78 Å². The fourth-order valence-electron chi connectivity index (χ4n) is 2.21. The summed E-state index contributed by atoms with van der Waals surface area (Å²) in [7, 11) is 0. The van der Waals surface area contributed by atoms with Gasteiger partial charge in [-0.15, -0.1) is 0 Å². The molecule has 0 N–H and O–H groups in total. The molecule has 0 fully saturated rings. The average molecular weight is 262 g/mol. The zero-order chi connectivity index (χ0) is 13.9. The summed E-state index contributed by atoms with van der Waals surface area (Å²) in [4.78, 5) is 11.7. The van der Waals surface area contributed by atoms with E-state index >= 15 is 0 Å². The van der Waals surface area contributed by atoms with E-state index in [0.29, 0.717) is 5.56 Å². The summed E-state index contributed by atoms with van der Waals surface area (Å²) >= 11 is 0. The lowest BCUT2D eigenvalue weighted by Gasteiger charge is -2.06. The van der Waals surface area contributed by atoms with Gasteiger partial charge in [0.15, 0.2) is 5.78 Å². The van der Waals surface area contributed by atoms with E-state index in [1.807, 2.05) is 67.0 Å². The maximum Gasteiger partial charge on any atom is 0.161 e. The number of carbonyl (C=O) groups excluding carboxylic acids is 1. The molecule has 3 nitrogen and oxygen atoms in total. The molecule has 1 heterocycles. The molecule has 0 bridgehead atoms. The predicted molar refractivity (Wildman–Crippen MR) is 79.0 cm³/mol. The Labute approximate surface area is 117 Å². The Bertz CT molecular complexity index is 744. The van der Waals surface area contributed by atoms with Crippen molar-refractivity contribution in [3.8, 4) is 16.8 Å². The number of Topliss-reactive ketones (excluding diaryl/α,β-unsaturated/α-hetero) is 1. The van der Waals surface area contributed by atoms with E-state index < -0.39 is 0 Å². The summed E-state index contributed by atoms with van der Waals surface area (Å²) in [6.45, 7) is 1.57. The van der Waals surface area contributed by atoms with Gasteiger partial charge >= 0.3 is 0 Å². The number of ketones is 1. The molecular formula is C17H14N2O. The van der Waals surface area contributed by atoms with Crippen LogP contribution < -0.4 is 0 Å². The van der Waals surface area contributed by atoms with Crippen LogP contribution in [-0.2, 0) is 0 Å². The van der Waals surface area contributed by atoms with Gasteiger partial charge in [0, 0.05) is 17.3 Å². The molecule has 1 aromatic heterocycles. The van der Waals surface area contributed by atoms with Gasteiger partial charge in [-0.25, -0.2) is 4.68 Å². The molecule has 0 amide bonds. The van der Waals surface area contributed by atoms with Crippen molar-refractivity contribution in [2.45, 2.75) is 6.92 Å². The van der Waals surface area contributed by atoms with Crippen molar-refractivity contribution in [1.29, 1.82) is 0 Å². The largest absolute Gasteiger partial charge is 0.294 e. The number of hydrogen-bond acceptors (Lipinski definition) is 2. The summed E-state index contributed by atoms with van der Waals surface area (Å²) in [5.74, 6) is 0.0392. The number of aromatic nitrogens is 2. The molecule has 0 saturated heterocycles. The maximum absolute atomic E-state index is 11.7. The van der Waals surface area contributed by atoms with Gasteiger partial charge in [-0.05, 0) is 24.6 Å². The molecular weight excluding hydrogens is 248 g/mol. The first-order valence-electron chi connectivity index (χ1n) is 6.46. The first-order valence-corrected chi connectivity index (χ1v) is 6.46. The van der Waals surface area contributed by atoms with Crippen LogP contribution >= 0.6 is 0 Å². The zero-order valence-electron chi connectivity index (χ0n) is 11.2. The van der Waals surface area contributed by atoms with Gasteiger partial charge in [-0.2, -0.15) is 5.10 Å². The van der Waals surface area contributed by atoms with Crippen molar-refractivity contribution in [2.75, 3.05) is 0 Å². The van der Waals surface area contributed by atoms with Crippen LogP contribution in [0.25, 0.3) is 16.8 Å². The third kappa shape index (κ3) is 2.26. The summed E-state index contributed by atoms with van der Waals surface area (Å²) in [6, 6.07) is 17.6. The van der Waals surface area contributed by atoms with Crippen LogP contribution in [0.5, 0.6) is 0 Å². The zero-order valence-corrected chi connectivity index (χ0v) is 11.2.